The van der Waals surface area contributed by atoms with E-state index in [-0.39, 0.29) is 40.3 Å². The number of ether oxygens (including phenoxy) is 3. The summed E-state index contributed by atoms with van der Waals surface area (Å²) in [5.41, 5.74) is -1.08. The molecule has 1 aromatic carbocycles. The van der Waals surface area contributed by atoms with Gasteiger partial charge in [-0.1, -0.05) is 28.9 Å². The summed E-state index contributed by atoms with van der Waals surface area (Å²) >= 11 is 15.1. The summed E-state index contributed by atoms with van der Waals surface area (Å²) in [5, 5.41) is 4.12. The fourth-order valence-corrected chi connectivity index (χ4v) is 7.37. The minimum Gasteiger partial charge on any atom is -0.497 e. The number of β-lactam (4-membered cyclic amide) rings is 1. The molecule has 46 heavy (non-hydrogen) atoms. The molecule has 1 amide bonds. The van der Waals surface area contributed by atoms with Crippen LogP contribution in [0.4, 0.5) is 0 Å². The van der Waals surface area contributed by atoms with Crippen LogP contribution in [0.15, 0.2) is 40.7 Å². The number of methoxy groups -OCH3 is 1. The number of hydrogen-bond acceptors (Lipinski definition) is 12. The van der Waals surface area contributed by atoms with E-state index in [2.05, 4.69) is 10.1 Å². The Kier molecular flexibility index (Phi) is 11.1. The van der Waals surface area contributed by atoms with Crippen LogP contribution < -0.4 is 4.74 Å². The van der Waals surface area contributed by atoms with Crippen LogP contribution in [0.1, 0.15) is 57.3 Å². The molecule has 1 unspecified atom stereocenters. The van der Waals surface area contributed by atoms with Crippen molar-refractivity contribution in [1.29, 1.82) is 0 Å². The molecule has 0 saturated carbocycles. The Morgan fingerprint density at radius 2 is 1.80 bits per heavy atom. The maximum atomic E-state index is 13.8. The molecule has 0 spiro atoms. The highest BCUT2D eigenvalue weighted by molar-refractivity contribution is 8.00. The van der Waals surface area contributed by atoms with Crippen LogP contribution in [0.25, 0.3) is 0 Å². The molecule has 0 bridgehead atoms. The fourth-order valence-electron chi connectivity index (χ4n) is 4.52. The van der Waals surface area contributed by atoms with E-state index in [0.29, 0.717) is 22.1 Å². The van der Waals surface area contributed by atoms with E-state index in [1.165, 1.54) is 30.5 Å². The third-order valence-electron chi connectivity index (χ3n) is 6.88. The zero-order chi connectivity index (χ0) is 34.0. The molecule has 0 radical (unpaired) electrons. The van der Waals surface area contributed by atoms with E-state index < -0.39 is 46.1 Å². The van der Waals surface area contributed by atoms with Gasteiger partial charge in [-0.25, -0.2) is 14.6 Å². The van der Waals surface area contributed by atoms with E-state index in [9.17, 15) is 19.2 Å². The molecule has 2 atom stereocenters. The van der Waals surface area contributed by atoms with E-state index in [0.717, 1.165) is 16.9 Å². The van der Waals surface area contributed by atoms with Crippen molar-refractivity contribution in [2.45, 2.75) is 71.1 Å². The number of hydrogen-bond donors (Lipinski definition) is 0. The largest absolute Gasteiger partial charge is 0.497 e. The second-order valence-electron chi connectivity index (χ2n) is 12.1. The number of esters is 2. The Morgan fingerprint density at radius 1 is 1.13 bits per heavy atom. The number of amides is 1. The van der Waals surface area contributed by atoms with Gasteiger partial charge in [-0.15, -0.1) is 34.7 Å². The second kappa shape index (κ2) is 14.3. The summed E-state index contributed by atoms with van der Waals surface area (Å²) in [6.07, 6.45) is -0.265. The van der Waals surface area contributed by atoms with Gasteiger partial charge in [-0.2, -0.15) is 0 Å². The van der Waals surface area contributed by atoms with Crippen LogP contribution in [0.3, 0.4) is 0 Å². The zero-order valence-electron chi connectivity index (χ0n) is 26.5. The van der Waals surface area contributed by atoms with Crippen LogP contribution in [0.2, 0.25) is 4.34 Å². The predicted octanol–water partition coefficient (Wildman–Crippen LogP) is 5.68. The molecule has 0 N–H and O–H groups in total. The SMILES string of the molecule is COc1ccc(COC(=O)C2=C(CCl)CSC3[C@H](CC(=O)/C(=N\OC(C)(C)C(=O)OC(C)(C)C)c4nc(C)sc4Cl)C(=O)N23)cc1. The highest BCUT2D eigenvalue weighted by Crippen LogP contribution is 2.46. The number of oxime groups is 1. The molecule has 1 aromatic heterocycles. The van der Waals surface area contributed by atoms with Crippen molar-refractivity contribution in [3.8, 4) is 5.75 Å². The van der Waals surface area contributed by atoms with Crippen molar-refractivity contribution >= 4 is 75.6 Å². The Hall–Kier alpha value is -3.13. The summed E-state index contributed by atoms with van der Waals surface area (Å²) in [4.78, 5) is 64.5. The molecule has 4 rings (SSSR count). The van der Waals surface area contributed by atoms with Gasteiger partial charge in [0.1, 0.15) is 33.7 Å². The highest BCUT2D eigenvalue weighted by atomic mass is 35.5. The minimum atomic E-state index is -1.55. The molecule has 3 heterocycles. The maximum absolute atomic E-state index is 13.8. The third-order valence-corrected chi connectivity index (χ3v) is 9.77. The number of thiazole rings is 1. The molecular formula is C31H35Cl2N3O8S2. The molecule has 2 aromatic rings. The van der Waals surface area contributed by atoms with Crippen molar-refractivity contribution < 1.29 is 38.2 Å². The highest BCUT2D eigenvalue weighted by Gasteiger charge is 2.54. The van der Waals surface area contributed by atoms with Crippen molar-refractivity contribution in [2.24, 2.45) is 11.1 Å². The number of aryl methyl sites for hydroxylation is 1. The number of rotatable bonds is 12. The first kappa shape index (κ1) is 35.7. The first-order valence-corrected chi connectivity index (χ1v) is 17.0. The quantitative estimate of drug-likeness (QED) is 0.0890. The molecule has 1 saturated heterocycles. The van der Waals surface area contributed by atoms with E-state index in [1.807, 2.05) is 0 Å². The molecule has 1 fully saturated rings. The Morgan fingerprint density at radius 3 is 2.37 bits per heavy atom. The van der Waals surface area contributed by atoms with Crippen LogP contribution in [-0.2, 0) is 40.1 Å². The van der Waals surface area contributed by atoms with Gasteiger partial charge in [0.05, 0.1) is 23.4 Å². The summed E-state index contributed by atoms with van der Waals surface area (Å²) in [5.74, 6) is -2.07. The second-order valence-corrected chi connectivity index (χ2v) is 15.2. The maximum Gasteiger partial charge on any atom is 0.355 e. The molecule has 248 valence electrons. The number of carbonyl (C=O) groups excluding carboxylic acids is 4. The number of alkyl halides is 1. The average molecular weight is 713 g/mol. The van der Waals surface area contributed by atoms with Crippen molar-refractivity contribution in [3.05, 3.63) is 56.1 Å². The normalized spacial score (nSPS) is 18.5. The molecule has 15 heteroatoms. The van der Waals surface area contributed by atoms with Gasteiger partial charge < -0.3 is 19.0 Å². The molecule has 2 aliphatic heterocycles. The molecule has 0 aliphatic carbocycles. The van der Waals surface area contributed by atoms with Crippen molar-refractivity contribution in [3.63, 3.8) is 0 Å². The van der Waals surface area contributed by atoms with Crippen LogP contribution in [0, 0.1) is 12.8 Å². The number of ketones is 1. The Bertz CT molecular complexity index is 1580. The van der Waals surface area contributed by atoms with E-state index in [4.69, 9.17) is 42.3 Å². The lowest BCUT2D eigenvalue weighted by atomic mass is 9.89. The number of Topliss-reactive ketones (excluding diaryl/α,β-unsaturated/α-hetero) is 1. The van der Waals surface area contributed by atoms with Crippen LogP contribution >= 0.6 is 46.3 Å². The lowest BCUT2D eigenvalue weighted by molar-refractivity contribution is -0.179. The lowest BCUT2D eigenvalue weighted by Gasteiger charge is -2.49. The lowest BCUT2D eigenvalue weighted by Crippen LogP contribution is -2.62. The van der Waals surface area contributed by atoms with E-state index >= 15 is 0 Å². The topological polar surface area (TPSA) is 134 Å². The van der Waals surface area contributed by atoms with Crippen molar-refractivity contribution in [2.75, 3.05) is 18.7 Å². The summed E-state index contributed by atoms with van der Waals surface area (Å²) in [6, 6.07) is 7.04. The fraction of sp³-hybridized carbons (Fsp3) is 0.484. The Labute approximate surface area is 285 Å². The monoisotopic (exact) mass is 711 g/mol. The summed E-state index contributed by atoms with van der Waals surface area (Å²) in [7, 11) is 1.56. The van der Waals surface area contributed by atoms with Gasteiger partial charge in [-0.3, -0.25) is 14.5 Å². The van der Waals surface area contributed by atoms with Gasteiger partial charge in [-0.05, 0) is 64.8 Å². The number of benzene rings is 1. The molecule has 11 nitrogen and oxygen atoms in total. The van der Waals surface area contributed by atoms with Gasteiger partial charge >= 0.3 is 11.9 Å². The third kappa shape index (κ3) is 8.04. The van der Waals surface area contributed by atoms with Crippen LogP contribution in [-0.4, -0.2) is 74.5 Å². The number of thioether (sulfide) groups is 1. The van der Waals surface area contributed by atoms with Gasteiger partial charge in [0, 0.05) is 18.1 Å². The van der Waals surface area contributed by atoms with Gasteiger partial charge in [0.15, 0.2) is 11.5 Å². The first-order chi connectivity index (χ1) is 21.6. The van der Waals surface area contributed by atoms with Gasteiger partial charge in [0.25, 0.3) is 0 Å². The van der Waals surface area contributed by atoms with Gasteiger partial charge in [0.2, 0.25) is 11.5 Å². The molecule has 2 aliphatic rings. The van der Waals surface area contributed by atoms with Crippen LogP contribution in [0.5, 0.6) is 5.75 Å². The zero-order valence-corrected chi connectivity index (χ0v) is 29.6. The Balaban J connectivity index is 1.52. The summed E-state index contributed by atoms with van der Waals surface area (Å²) < 4.78 is 16.3. The first-order valence-electron chi connectivity index (χ1n) is 14.2. The van der Waals surface area contributed by atoms with E-state index in [1.54, 1.807) is 59.1 Å². The molecular weight excluding hydrogens is 677 g/mol. The minimum absolute atomic E-state index is 0.0169. The summed E-state index contributed by atoms with van der Waals surface area (Å²) in [6.45, 7) is 9.78. The number of nitrogens with zero attached hydrogens (tertiary/aromatic N) is 3. The average Bonchev–Trinajstić information content (AvgIpc) is 3.33. The van der Waals surface area contributed by atoms with Crippen molar-refractivity contribution in [1.82, 2.24) is 9.88 Å². The number of aromatic nitrogens is 1. The number of fused-ring (bicyclic) bond motifs is 1. The predicted molar refractivity (Wildman–Crippen MR) is 176 cm³/mol. The number of halogens is 2. The number of carbonyl (C=O) groups is 4. The smallest absolute Gasteiger partial charge is 0.355 e. The standard InChI is InChI=1S/C31H35Cl2N3O8S2/c1-16-34-23(25(33)46-16)22(35-44-31(5,6)29(40)43-30(2,3)4)21(37)12-20-26(38)36-24(18(13-32)15-45-27(20)36)28(39)42-14-17-8-10-19(41-7)11-9-17/h8-11,20,27H,12-15H2,1-7H3/b35-22+/t20-,27?/m1/s1.